The van der Waals surface area contributed by atoms with Crippen LogP contribution in [0.25, 0.3) is 10.9 Å². The summed E-state index contributed by atoms with van der Waals surface area (Å²) >= 11 is 0. The summed E-state index contributed by atoms with van der Waals surface area (Å²) in [5.74, 6) is -0.000893. The molecule has 1 atom stereocenters. The van der Waals surface area contributed by atoms with Crippen molar-refractivity contribution in [1.29, 1.82) is 0 Å². The van der Waals surface area contributed by atoms with E-state index in [4.69, 9.17) is 4.74 Å². The van der Waals surface area contributed by atoms with E-state index in [2.05, 4.69) is 27.8 Å². The first kappa shape index (κ1) is 24.9. The summed E-state index contributed by atoms with van der Waals surface area (Å²) in [6, 6.07) is 16.6. The van der Waals surface area contributed by atoms with Crippen LogP contribution < -0.4 is 16.2 Å². The van der Waals surface area contributed by atoms with Crippen molar-refractivity contribution in [3.63, 3.8) is 0 Å². The Kier molecular flexibility index (Phi) is 10.4. The summed E-state index contributed by atoms with van der Waals surface area (Å²) < 4.78 is 5.68. The van der Waals surface area contributed by atoms with E-state index in [1.807, 2.05) is 18.2 Å². The molecular formula is C26H35N3O4. The maximum atomic E-state index is 11.5. The fourth-order valence-electron chi connectivity index (χ4n) is 3.78. The molecule has 1 heterocycles. The third-order valence-electron chi connectivity index (χ3n) is 5.59. The van der Waals surface area contributed by atoms with Crippen LogP contribution in [0.3, 0.4) is 0 Å². The largest absolute Gasteiger partial charge is 0.506 e. The minimum absolute atomic E-state index is 0.000893. The number of pyridine rings is 1. The Morgan fingerprint density at radius 2 is 1.70 bits per heavy atom. The molecule has 0 saturated heterocycles. The monoisotopic (exact) mass is 453 g/mol. The SMILES string of the molecule is O=c1ccc2c(C(O)CNCCCCCCOCCNCc3ccccc3)ccc(O)c2[nH]1. The predicted molar refractivity (Wildman–Crippen MR) is 131 cm³/mol. The van der Waals surface area contributed by atoms with Gasteiger partial charge in [0.25, 0.3) is 0 Å². The van der Waals surface area contributed by atoms with E-state index in [1.54, 1.807) is 12.1 Å². The number of aromatic nitrogens is 1. The molecule has 0 spiro atoms. The summed E-state index contributed by atoms with van der Waals surface area (Å²) in [6.07, 6.45) is 3.61. The number of aromatic amines is 1. The predicted octanol–water partition coefficient (Wildman–Crippen LogP) is 3.22. The lowest BCUT2D eigenvalue weighted by Gasteiger charge is -2.15. The normalized spacial score (nSPS) is 12.3. The Bertz CT molecular complexity index is 1020. The van der Waals surface area contributed by atoms with Gasteiger partial charge in [-0.3, -0.25) is 4.79 Å². The van der Waals surface area contributed by atoms with Gasteiger partial charge in [-0.2, -0.15) is 0 Å². The lowest BCUT2D eigenvalue weighted by atomic mass is 10.0. The van der Waals surface area contributed by atoms with E-state index in [0.29, 0.717) is 23.0 Å². The Morgan fingerprint density at radius 1 is 0.879 bits per heavy atom. The van der Waals surface area contributed by atoms with Crippen molar-refractivity contribution in [3.8, 4) is 5.75 Å². The van der Waals surface area contributed by atoms with Crippen LogP contribution >= 0.6 is 0 Å². The lowest BCUT2D eigenvalue weighted by molar-refractivity contribution is 0.131. The average Bonchev–Trinajstić information content (AvgIpc) is 2.83. The van der Waals surface area contributed by atoms with Gasteiger partial charge in [0, 0.05) is 37.7 Å². The quantitative estimate of drug-likeness (QED) is 0.226. The van der Waals surface area contributed by atoms with Crippen molar-refractivity contribution in [2.75, 3.05) is 32.8 Å². The van der Waals surface area contributed by atoms with Crippen LogP contribution in [0, 0.1) is 0 Å². The fraction of sp³-hybridized carbons (Fsp3) is 0.423. The zero-order valence-electron chi connectivity index (χ0n) is 19.1. The molecule has 0 aliphatic rings. The smallest absolute Gasteiger partial charge is 0.248 e. The van der Waals surface area contributed by atoms with Gasteiger partial charge in [0.1, 0.15) is 5.75 Å². The molecule has 33 heavy (non-hydrogen) atoms. The number of phenolic OH excluding ortho intramolecular Hbond substituents is 1. The van der Waals surface area contributed by atoms with E-state index in [9.17, 15) is 15.0 Å². The van der Waals surface area contributed by atoms with Crippen LogP contribution in [0.4, 0.5) is 0 Å². The van der Waals surface area contributed by atoms with Crippen molar-refractivity contribution >= 4 is 10.9 Å². The summed E-state index contributed by atoms with van der Waals surface area (Å²) in [4.78, 5) is 14.1. The van der Waals surface area contributed by atoms with E-state index in [0.717, 1.165) is 58.5 Å². The molecule has 7 nitrogen and oxygen atoms in total. The fourth-order valence-corrected chi connectivity index (χ4v) is 3.78. The summed E-state index contributed by atoms with van der Waals surface area (Å²) in [5, 5.41) is 27.8. The minimum atomic E-state index is -0.720. The van der Waals surface area contributed by atoms with E-state index in [-0.39, 0.29) is 11.3 Å². The summed E-state index contributed by atoms with van der Waals surface area (Å²) in [6.45, 7) is 4.48. The van der Waals surface area contributed by atoms with E-state index in [1.165, 1.54) is 17.7 Å². The molecule has 1 aromatic heterocycles. The molecule has 0 saturated carbocycles. The molecule has 7 heteroatoms. The third kappa shape index (κ3) is 8.29. The number of aromatic hydroxyl groups is 1. The van der Waals surface area contributed by atoms with Gasteiger partial charge in [0.05, 0.1) is 18.2 Å². The van der Waals surface area contributed by atoms with Crippen molar-refractivity contribution < 1.29 is 14.9 Å². The van der Waals surface area contributed by atoms with Gasteiger partial charge < -0.3 is 30.6 Å². The number of hydrogen-bond donors (Lipinski definition) is 5. The highest BCUT2D eigenvalue weighted by Crippen LogP contribution is 2.28. The van der Waals surface area contributed by atoms with Gasteiger partial charge in [-0.15, -0.1) is 0 Å². The number of aliphatic hydroxyl groups is 1. The van der Waals surface area contributed by atoms with Crippen LogP contribution in [0.1, 0.15) is 42.9 Å². The second-order valence-corrected chi connectivity index (χ2v) is 8.19. The first-order valence-electron chi connectivity index (χ1n) is 11.7. The molecule has 0 aliphatic carbocycles. The van der Waals surface area contributed by atoms with Gasteiger partial charge in [-0.05, 0) is 42.6 Å². The Hall–Kier alpha value is -2.71. The van der Waals surface area contributed by atoms with Crippen molar-refractivity contribution in [2.45, 2.75) is 38.3 Å². The number of benzene rings is 2. The summed E-state index contributed by atoms with van der Waals surface area (Å²) in [7, 11) is 0. The standard InChI is InChI=1S/C26H35N3O4/c30-23-12-10-21(22-11-13-25(32)29-26(22)23)24(31)19-27-14-6-1-2-7-16-33-17-15-28-18-20-8-4-3-5-9-20/h3-5,8-13,24,27-28,30-31H,1-2,6-7,14-19H2,(H,29,32). The van der Waals surface area contributed by atoms with Crippen molar-refractivity contribution in [3.05, 3.63) is 76.1 Å². The average molecular weight is 454 g/mol. The maximum absolute atomic E-state index is 11.5. The van der Waals surface area contributed by atoms with Crippen LogP contribution in [-0.4, -0.2) is 48.0 Å². The van der Waals surface area contributed by atoms with Crippen molar-refractivity contribution in [1.82, 2.24) is 15.6 Å². The van der Waals surface area contributed by atoms with Gasteiger partial charge in [-0.1, -0.05) is 49.2 Å². The van der Waals surface area contributed by atoms with Crippen LogP contribution in [0.15, 0.2) is 59.4 Å². The molecule has 1 unspecified atom stereocenters. The molecule has 0 bridgehead atoms. The van der Waals surface area contributed by atoms with Crippen LogP contribution in [0.5, 0.6) is 5.75 Å². The Morgan fingerprint density at radius 3 is 2.55 bits per heavy atom. The molecule has 0 amide bonds. The van der Waals surface area contributed by atoms with E-state index < -0.39 is 6.10 Å². The zero-order valence-corrected chi connectivity index (χ0v) is 19.1. The van der Waals surface area contributed by atoms with Crippen LogP contribution in [-0.2, 0) is 11.3 Å². The zero-order chi connectivity index (χ0) is 23.3. The number of hydrogen-bond acceptors (Lipinski definition) is 6. The first-order chi connectivity index (χ1) is 16.1. The molecule has 3 aromatic rings. The number of rotatable bonds is 15. The maximum Gasteiger partial charge on any atom is 0.248 e. The number of aliphatic hydroxyl groups excluding tert-OH is 1. The number of phenols is 1. The second-order valence-electron chi connectivity index (χ2n) is 8.19. The molecule has 5 N–H and O–H groups in total. The number of nitrogens with one attached hydrogen (secondary N) is 3. The Labute approximate surface area is 194 Å². The highest BCUT2D eigenvalue weighted by atomic mass is 16.5. The number of ether oxygens (including phenoxy) is 1. The molecule has 0 fully saturated rings. The lowest BCUT2D eigenvalue weighted by Crippen LogP contribution is -2.23. The second kappa shape index (κ2) is 13.7. The third-order valence-corrected chi connectivity index (χ3v) is 5.59. The minimum Gasteiger partial charge on any atom is -0.506 e. The number of H-pyrrole nitrogens is 1. The molecular weight excluding hydrogens is 418 g/mol. The molecule has 0 aliphatic heterocycles. The van der Waals surface area contributed by atoms with Gasteiger partial charge in [-0.25, -0.2) is 0 Å². The van der Waals surface area contributed by atoms with E-state index >= 15 is 0 Å². The molecule has 178 valence electrons. The molecule has 3 rings (SSSR count). The van der Waals surface area contributed by atoms with Gasteiger partial charge in [0.15, 0.2) is 0 Å². The van der Waals surface area contributed by atoms with Gasteiger partial charge in [0.2, 0.25) is 5.56 Å². The first-order valence-corrected chi connectivity index (χ1v) is 11.7. The molecule has 0 radical (unpaired) electrons. The number of fused-ring (bicyclic) bond motifs is 1. The Balaban J connectivity index is 1.20. The highest BCUT2D eigenvalue weighted by molar-refractivity contribution is 5.87. The van der Waals surface area contributed by atoms with Crippen LogP contribution in [0.2, 0.25) is 0 Å². The molecule has 2 aromatic carbocycles. The summed E-state index contributed by atoms with van der Waals surface area (Å²) in [5.41, 5.74) is 2.04. The van der Waals surface area contributed by atoms with Gasteiger partial charge >= 0.3 is 0 Å². The topological polar surface area (TPSA) is 107 Å². The van der Waals surface area contributed by atoms with Crippen molar-refractivity contribution in [2.24, 2.45) is 0 Å². The number of unbranched alkanes of at least 4 members (excludes halogenated alkanes) is 3. The highest BCUT2D eigenvalue weighted by Gasteiger charge is 2.13.